The fourth-order valence-corrected chi connectivity index (χ4v) is 1.91. The number of rotatable bonds is 5. The van der Waals surface area contributed by atoms with Crippen LogP contribution in [0.1, 0.15) is 18.0 Å². The van der Waals surface area contributed by atoms with E-state index >= 15 is 0 Å². The Morgan fingerprint density at radius 2 is 1.91 bits per heavy atom. The van der Waals surface area contributed by atoms with Crippen LogP contribution in [0.2, 0.25) is 0 Å². The molecule has 1 heterocycles. The maximum atomic E-state index is 12.4. The van der Waals surface area contributed by atoms with Crippen LogP contribution in [-0.2, 0) is 9.59 Å². The van der Waals surface area contributed by atoms with Gasteiger partial charge in [-0.25, -0.2) is 4.68 Å². The summed E-state index contributed by atoms with van der Waals surface area (Å²) in [5.41, 5.74) is 0.809. The normalized spacial score (nSPS) is 12.7. The second-order valence-electron chi connectivity index (χ2n) is 4.68. The van der Waals surface area contributed by atoms with Crippen LogP contribution in [0, 0.1) is 0 Å². The van der Waals surface area contributed by atoms with Crippen molar-refractivity contribution in [3.05, 3.63) is 48.3 Å². The van der Waals surface area contributed by atoms with Crippen molar-refractivity contribution in [1.82, 2.24) is 15.1 Å². The molecule has 0 fully saturated rings. The number of nitrogens with zero attached hydrogens (tertiary/aromatic N) is 2. The zero-order chi connectivity index (χ0) is 17.0. The van der Waals surface area contributed by atoms with Gasteiger partial charge in [0.1, 0.15) is 0 Å². The molecule has 0 aliphatic rings. The van der Waals surface area contributed by atoms with Gasteiger partial charge in [0.2, 0.25) is 0 Å². The lowest BCUT2D eigenvalue weighted by molar-refractivity contribution is -0.174. The van der Waals surface area contributed by atoms with Gasteiger partial charge in [-0.15, -0.1) is 0 Å². The first-order valence-corrected chi connectivity index (χ1v) is 6.47. The van der Waals surface area contributed by atoms with Crippen molar-refractivity contribution in [2.24, 2.45) is 0 Å². The van der Waals surface area contributed by atoms with Crippen LogP contribution in [0.25, 0.3) is 5.69 Å². The molecule has 2 rings (SSSR count). The Bertz CT molecular complexity index is 698. The fraction of sp³-hybridized carbons (Fsp3) is 0.214. The summed E-state index contributed by atoms with van der Waals surface area (Å²) in [5.74, 6) is -3.54. The minimum Gasteiger partial charge on any atom is -0.481 e. The van der Waals surface area contributed by atoms with Crippen molar-refractivity contribution in [3.63, 3.8) is 0 Å². The average molecular weight is 327 g/mol. The molecular formula is C14H12F3N3O3. The van der Waals surface area contributed by atoms with E-state index in [0.717, 1.165) is 0 Å². The molecule has 2 aromatic rings. The van der Waals surface area contributed by atoms with Crippen LogP contribution < -0.4 is 5.32 Å². The number of hydrogen-bond acceptors (Lipinski definition) is 3. The maximum Gasteiger partial charge on any atom is 0.471 e. The third-order valence-electron chi connectivity index (χ3n) is 2.97. The van der Waals surface area contributed by atoms with Crippen molar-refractivity contribution in [2.45, 2.75) is 18.6 Å². The number of carboxylic acid groups (broad SMARTS) is 1. The molecule has 6 nitrogen and oxygen atoms in total. The maximum absolute atomic E-state index is 12.4. The molecular weight excluding hydrogens is 315 g/mol. The molecule has 1 amide bonds. The van der Waals surface area contributed by atoms with Crippen LogP contribution in [0.4, 0.5) is 13.2 Å². The molecule has 0 aliphatic heterocycles. The van der Waals surface area contributed by atoms with Gasteiger partial charge in [0.05, 0.1) is 24.3 Å². The number of carboxylic acids is 1. The molecule has 1 aromatic carbocycles. The molecule has 1 atom stereocenters. The van der Waals surface area contributed by atoms with E-state index in [1.54, 1.807) is 35.6 Å². The monoisotopic (exact) mass is 327 g/mol. The molecule has 122 valence electrons. The minimum absolute atomic E-state index is 0.161. The Morgan fingerprint density at radius 1 is 1.26 bits per heavy atom. The number of benzene rings is 1. The van der Waals surface area contributed by atoms with Gasteiger partial charge < -0.3 is 10.4 Å². The molecule has 0 bridgehead atoms. The molecule has 23 heavy (non-hydrogen) atoms. The number of alkyl halides is 3. The van der Waals surface area contributed by atoms with Gasteiger partial charge in [-0.05, 0) is 12.1 Å². The van der Waals surface area contributed by atoms with Crippen LogP contribution in [0.15, 0.2) is 42.7 Å². The molecule has 1 unspecified atom stereocenters. The Morgan fingerprint density at radius 3 is 2.48 bits per heavy atom. The lowest BCUT2D eigenvalue weighted by atomic mass is 10.1. The van der Waals surface area contributed by atoms with Crippen molar-refractivity contribution in [1.29, 1.82) is 0 Å². The molecule has 0 spiro atoms. The molecule has 0 aliphatic carbocycles. The predicted molar refractivity (Wildman–Crippen MR) is 72.8 cm³/mol. The van der Waals surface area contributed by atoms with Crippen LogP contribution in [0.3, 0.4) is 0 Å². The zero-order valence-electron chi connectivity index (χ0n) is 11.6. The Kier molecular flexibility index (Phi) is 4.68. The molecule has 0 saturated carbocycles. The van der Waals surface area contributed by atoms with Crippen molar-refractivity contribution in [2.75, 3.05) is 0 Å². The number of carbonyl (C=O) groups is 2. The summed E-state index contributed by atoms with van der Waals surface area (Å²) in [6.45, 7) is 0. The summed E-state index contributed by atoms with van der Waals surface area (Å²) in [7, 11) is 0. The van der Waals surface area contributed by atoms with Gasteiger partial charge in [0.25, 0.3) is 0 Å². The van der Waals surface area contributed by atoms with E-state index in [1.165, 1.54) is 17.1 Å². The summed E-state index contributed by atoms with van der Waals surface area (Å²) >= 11 is 0. The van der Waals surface area contributed by atoms with E-state index in [2.05, 4.69) is 5.10 Å². The topological polar surface area (TPSA) is 84.2 Å². The van der Waals surface area contributed by atoms with E-state index in [9.17, 15) is 22.8 Å². The quantitative estimate of drug-likeness (QED) is 0.880. The zero-order valence-corrected chi connectivity index (χ0v) is 11.6. The molecule has 1 aromatic heterocycles. The van der Waals surface area contributed by atoms with Gasteiger partial charge in [0, 0.05) is 11.8 Å². The highest BCUT2D eigenvalue weighted by molar-refractivity contribution is 5.82. The third kappa shape index (κ3) is 4.31. The molecule has 2 N–H and O–H groups in total. The first-order chi connectivity index (χ1) is 10.8. The highest BCUT2D eigenvalue weighted by atomic mass is 19.4. The highest BCUT2D eigenvalue weighted by Crippen LogP contribution is 2.22. The summed E-state index contributed by atoms with van der Waals surface area (Å²) in [6.07, 6.45) is -3.19. The second kappa shape index (κ2) is 6.51. The van der Waals surface area contributed by atoms with Crippen LogP contribution in [0.5, 0.6) is 0 Å². The Labute approximate surface area is 128 Å². The second-order valence-corrected chi connectivity index (χ2v) is 4.68. The first kappa shape index (κ1) is 16.5. The van der Waals surface area contributed by atoms with E-state index in [0.29, 0.717) is 5.69 Å². The Hall–Kier alpha value is -2.84. The van der Waals surface area contributed by atoms with E-state index in [1.807, 2.05) is 0 Å². The van der Waals surface area contributed by atoms with E-state index in [-0.39, 0.29) is 5.56 Å². The number of para-hydroxylation sites is 1. The number of nitrogens with one attached hydrogen (secondary N) is 1. The van der Waals surface area contributed by atoms with E-state index in [4.69, 9.17) is 5.11 Å². The first-order valence-electron chi connectivity index (χ1n) is 6.47. The van der Waals surface area contributed by atoms with Crippen molar-refractivity contribution in [3.8, 4) is 5.69 Å². The van der Waals surface area contributed by atoms with Crippen molar-refractivity contribution >= 4 is 11.9 Å². The standard InChI is InChI=1S/C14H12F3N3O3/c15-14(16,17)13(23)19-11(6-12(21)22)9-7-18-20(8-9)10-4-2-1-3-5-10/h1-5,7-8,11H,6H2,(H,19,23)(H,21,22). The van der Waals surface area contributed by atoms with Crippen LogP contribution in [-0.4, -0.2) is 32.9 Å². The number of aliphatic carboxylic acids is 1. The summed E-state index contributed by atoms with van der Waals surface area (Å²) in [6, 6.07) is 7.38. The minimum atomic E-state index is -5.09. The number of halogens is 3. The van der Waals surface area contributed by atoms with Crippen LogP contribution >= 0.6 is 0 Å². The summed E-state index contributed by atoms with van der Waals surface area (Å²) < 4.78 is 38.4. The lowest BCUT2D eigenvalue weighted by Gasteiger charge is -2.16. The van der Waals surface area contributed by atoms with Gasteiger partial charge >= 0.3 is 18.1 Å². The SMILES string of the molecule is O=C(O)CC(NC(=O)C(F)(F)F)c1cnn(-c2ccccc2)c1. The van der Waals surface area contributed by atoms with Crippen molar-refractivity contribution < 1.29 is 27.9 Å². The smallest absolute Gasteiger partial charge is 0.471 e. The lowest BCUT2D eigenvalue weighted by Crippen LogP contribution is -2.39. The number of hydrogen-bond donors (Lipinski definition) is 2. The summed E-state index contributed by atoms with van der Waals surface area (Å²) in [4.78, 5) is 21.9. The Balaban J connectivity index is 2.24. The number of aromatic nitrogens is 2. The van der Waals surface area contributed by atoms with Gasteiger partial charge in [0.15, 0.2) is 0 Å². The number of amides is 1. The highest BCUT2D eigenvalue weighted by Gasteiger charge is 2.40. The van der Waals surface area contributed by atoms with Gasteiger partial charge in [-0.1, -0.05) is 18.2 Å². The largest absolute Gasteiger partial charge is 0.481 e. The molecule has 0 radical (unpaired) electrons. The van der Waals surface area contributed by atoms with Gasteiger partial charge in [-0.2, -0.15) is 18.3 Å². The summed E-state index contributed by atoms with van der Waals surface area (Å²) in [5, 5.41) is 14.5. The molecule has 9 heteroatoms. The van der Waals surface area contributed by atoms with E-state index < -0.39 is 30.5 Å². The fourth-order valence-electron chi connectivity index (χ4n) is 1.91. The molecule has 0 saturated heterocycles. The number of carbonyl (C=O) groups excluding carboxylic acids is 1. The average Bonchev–Trinajstić information content (AvgIpc) is 2.95. The third-order valence-corrected chi connectivity index (χ3v) is 2.97. The predicted octanol–water partition coefficient (Wildman–Crippen LogP) is 2.07. The van der Waals surface area contributed by atoms with Gasteiger partial charge in [-0.3, -0.25) is 9.59 Å².